The van der Waals surface area contributed by atoms with E-state index in [1.807, 2.05) is 24.3 Å². The predicted octanol–water partition coefficient (Wildman–Crippen LogP) is 3.90. The lowest BCUT2D eigenvalue weighted by Gasteiger charge is -2.29. The highest BCUT2D eigenvalue weighted by atomic mass is 32.2. The molecule has 1 heterocycles. The first-order chi connectivity index (χ1) is 12.6. The molecule has 1 aliphatic rings. The maximum atomic E-state index is 12.3. The Morgan fingerprint density at radius 3 is 2.92 bits per heavy atom. The van der Waals surface area contributed by atoms with Crippen LogP contribution in [-0.2, 0) is 4.79 Å². The van der Waals surface area contributed by atoms with Crippen molar-refractivity contribution in [2.24, 2.45) is 5.92 Å². The van der Waals surface area contributed by atoms with Crippen LogP contribution in [0.25, 0.3) is 10.9 Å². The molecule has 1 N–H and O–H groups in total. The summed E-state index contributed by atoms with van der Waals surface area (Å²) in [5.41, 5.74) is 1.25. The fourth-order valence-corrected chi connectivity index (χ4v) is 4.13. The molecule has 0 saturated heterocycles. The predicted molar refractivity (Wildman–Crippen MR) is 103 cm³/mol. The van der Waals surface area contributed by atoms with Crippen molar-refractivity contribution in [3.8, 4) is 11.8 Å². The fourth-order valence-electron chi connectivity index (χ4n) is 3.36. The Kier molecular flexibility index (Phi) is 6.00. The maximum absolute atomic E-state index is 12.3. The number of nitriles is 1. The molecule has 0 bridgehead atoms. The van der Waals surface area contributed by atoms with E-state index < -0.39 is 0 Å². The minimum absolute atomic E-state index is 0.00480. The number of thioether (sulfide) groups is 1. The number of rotatable bonds is 5. The molecule has 136 valence electrons. The molecule has 1 aromatic carbocycles. The summed E-state index contributed by atoms with van der Waals surface area (Å²) in [6.45, 7) is 2.20. The van der Waals surface area contributed by atoms with Crippen LogP contribution in [0.4, 0.5) is 0 Å². The summed E-state index contributed by atoms with van der Waals surface area (Å²) in [6, 6.07) is 9.82. The summed E-state index contributed by atoms with van der Waals surface area (Å²) in [6.07, 6.45) is 4.65. The highest BCUT2D eigenvalue weighted by Crippen LogP contribution is 2.27. The van der Waals surface area contributed by atoms with Gasteiger partial charge in [-0.05, 0) is 37.0 Å². The standard InChI is InChI=1S/C20H23N3O2S/c1-13-5-3-4-6-17(13)22-19(24)12-26-20-15(11-21)9-14-7-8-16(25-2)10-18(14)23-20/h7-10,13,17H,3-6,12H2,1-2H3,(H,22,24)/t13-,17-/m1/s1. The molecule has 0 spiro atoms. The third-order valence-corrected chi connectivity index (χ3v) is 5.90. The molecule has 1 aliphatic carbocycles. The Bertz CT molecular complexity index is 847. The second-order valence-electron chi connectivity index (χ2n) is 6.74. The van der Waals surface area contributed by atoms with Crippen LogP contribution in [-0.4, -0.2) is 29.8 Å². The number of hydrogen-bond donors (Lipinski definition) is 1. The summed E-state index contributed by atoms with van der Waals surface area (Å²) in [5, 5.41) is 14.0. The third kappa shape index (κ3) is 4.28. The van der Waals surface area contributed by atoms with Gasteiger partial charge in [-0.15, -0.1) is 0 Å². The molecule has 26 heavy (non-hydrogen) atoms. The molecule has 1 amide bonds. The number of carbonyl (C=O) groups excluding carboxylic acids is 1. The number of nitrogens with one attached hydrogen (secondary N) is 1. The number of aromatic nitrogens is 1. The molecule has 1 aromatic heterocycles. The van der Waals surface area contributed by atoms with Gasteiger partial charge in [-0.2, -0.15) is 5.26 Å². The molecule has 1 fully saturated rings. The van der Waals surface area contributed by atoms with Crippen LogP contribution in [0.2, 0.25) is 0 Å². The van der Waals surface area contributed by atoms with E-state index in [9.17, 15) is 10.1 Å². The van der Waals surface area contributed by atoms with Gasteiger partial charge in [0.2, 0.25) is 5.91 Å². The zero-order valence-corrected chi connectivity index (χ0v) is 15.9. The number of ether oxygens (including phenoxy) is 1. The minimum Gasteiger partial charge on any atom is -0.497 e. The van der Waals surface area contributed by atoms with Crippen molar-refractivity contribution >= 4 is 28.6 Å². The Labute approximate surface area is 158 Å². The van der Waals surface area contributed by atoms with Gasteiger partial charge in [-0.3, -0.25) is 4.79 Å². The number of pyridine rings is 1. The Balaban J connectivity index is 1.71. The van der Waals surface area contributed by atoms with Crippen molar-refractivity contribution < 1.29 is 9.53 Å². The van der Waals surface area contributed by atoms with E-state index in [1.165, 1.54) is 31.0 Å². The number of nitrogens with zero attached hydrogens (tertiary/aromatic N) is 2. The highest BCUT2D eigenvalue weighted by Gasteiger charge is 2.23. The number of carbonyl (C=O) groups is 1. The second kappa shape index (κ2) is 8.41. The lowest BCUT2D eigenvalue weighted by atomic mass is 9.86. The molecule has 1 saturated carbocycles. The first-order valence-electron chi connectivity index (χ1n) is 8.91. The number of hydrogen-bond acceptors (Lipinski definition) is 5. The number of fused-ring (bicyclic) bond motifs is 1. The number of methoxy groups -OCH3 is 1. The lowest BCUT2D eigenvalue weighted by Crippen LogP contribution is -2.41. The smallest absolute Gasteiger partial charge is 0.230 e. The van der Waals surface area contributed by atoms with Gasteiger partial charge < -0.3 is 10.1 Å². The monoisotopic (exact) mass is 369 g/mol. The Morgan fingerprint density at radius 1 is 1.38 bits per heavy atom. The van der Waals surface area contributed by atoms with Gasteiger partial charge in [0.15, 0.2) is 0 Å². The Hall–Kier alpha value is -2.26. The van der Waals surface area contributed by atoms with Crippen LogP contribution in [0, 0.1) is 17.2 Å². The van der Waals surface area contributed by atoms with Crippen molar-refractivity contribution in [3.05, 3.63) is 29.8 Å². The Morgan fingerprint density at radius 2 is 2.19 bits per heavy atom. The van der Waals surface area contributed by atoms with Crippen molar-refractivity contribution in [1.29, 1.82) is 5.26 Å². The van der Waals surface area contributed by atoms with Crippen LogP contribution in [0.3, 0.4) is 0 Å². The zero-order valence-electron chi connectivity index (χ0n) is 15.1. The van der Waals surface area contributed by atoms with Crippen LogP contribution in [0.1, 0.15) is 38.2 Å². The summed E-state index contributed by atoms with van der Waals surface area (Å²) in [5.74, 6) is 1.51. The lowest BCUT2D eigenvalue weighted by molar-refractivity contribution is -0.119. The van der Waals surface area contributed by atoms with E-state index in [0.29, 0.717) is 16.5 Å². The van der Waals surface area contributed by atoms with Gasteiger partial charge in [-0.1, -0.05) is 31.5 Å². The number of benzene rings is 1. The largest absolute Gasteiger partial charge is 0.497 e. The van der Waals surface area contributed by atoms with E-state index in [1.54, 1.807) is 7.11 Å². The molecular weight excluding hydrogens is 346 g/mol. The average Bonchev–Trinajstić information content (AvgIpc) is 2.66. The van der Waals surface area contributed by atoms with Gasteiger partial charge in [-0.25, -0.2) is 4.98 Å². The molecule has 0 radical (unpaired) electrons. The summed E-state index contributed by atoms with van der Waals surface area (Å²) in [4.78, 5) is 16.9. The van der Waals surface area contributed by atoms with Gasteiger partial charge in [0.25, 0.3) is 0 Å². The summed E-state index contributed by atoms with van der Waals surface area (Å²) in [7, 11) is 1.61. The van der Waals surface area contributed by atoms with Gasteiger partial charge in [0.05, 0.1) is 23.9 Å². The van der Waals surface area contributed by atoms with Gasteiger partial charge in [0, 0.05) is 17.5 Å². The minimum atomic E-state index is 0.00480. The van der Waals surface area contributed by atoms with E-state index in [2.05, 4.69) is 23.3 Å². The molecule has 2 atom stereocenters. The van der Waals surface area contributed by atoms with Gasteiger partial charge >= 0.3 is 0 Å². The van der Waals surface area contributed by atoms with Crippen molar-refractivity contribution in [3.63, 3.8) is 0 Å². The molecule has 6 heteroatoms. The first kappa shape index (κ1) is 18.5. The van der Waals surface area contributed by atoms with E-state index in [-0.39, 0.29) is 17.7 Å². The normalized spacial score (nSPS) is 19.7. The first-order valence-corrected chi connectivity index (χ1v) is 9.90. The SMILES string of the molecule is COc1ccc2cc(C#N)c(SCC(=O)N[C@@H]3CCCC[C@H]3C)nc2c1. The number of amides is 1. The molecule has 2 aromatic rings. The van der Waals surface area contributed by atoms with Gasteiger partial charge in [0.1, 0.15) is 16.8 Å². The van der Waals surface area contributed by atoms with Crippen LogP contribution >= 0.6 is 11.8 Å². The van der Waals surface area contributed by atoms with E-state index in [0.717, 1.165) is 23.1 Å². The van der Waals surface area contributed by atoms with Crippen LogP contribution in [0.5, 0.6) is 5.75 Å². The molecule has 0 aliphatic heterocycles. The van der Waals surface area contributed by atoms with Crippen molar-refractivity contribution in [2.45, 2.75) is 43.7 Å². The average molecular weight is 369 g/mol. The van der Waals surface area contributed by atoms with Crippen molar-refractivity contribution in [1.82, 2.24) is 10.3 Å². The fraction of sp³-hybridized carbons (Fsp3) is 0.450. The second-order valence-corrected chi connectivity index (χ2v) is 7.70. The molecule has 5 nitrogen and oxygen atoms in total. The molecular formula is C20H23N3O2S. The quantitative estimate of drug-likeness (QED) is 0.809. The highest BCUT2D eigenvalue weighted by molar-refractivity contribution is 8.00. The summed E-state index contributed by atoms with van der Waals surface area (Å²) >= 11 is 1.31. The van der Waals surface area contributed by atoms with E-state index >= 15 is 0 Å². The molecule has 0 unspecified atom stereocenters. The third-order valence-electron chi connectivity index (χ3n) is 4.91. The zero-order chi connectivity index (χ0) is 18.5. The van der Waals surface area contributed by atoms with Crippen LogP contribution in [0.15, 0.2) is 29.3 Å². The maximum Gasteiger partial charge on any atom is 0.230 e. The summed E-state index contributed by atoms with van der Waals surface area (Å²) < 4.78 is 5.24. The van der Waals surface area contributed by atoms with Crippen molar-refractivity contribution in [2.75, 3.05) is 12.9 Å². The topological polar surface area (TPSA) is 75.0 Å². The van der Waals surface area contributed by atoms with Crippen LogP contribution < -0.4 is 10.1 Å². The van der Waals surface area contributed by atoms with E-state index in [4.69, 9.17) is 4.74 Å². The molecule has 3 rings (SSSR count).